The number of unbranched alkanes of at least 4 members (excludes halogenated alkanes) is 8. The normalized spacial score (nSPS) is 19.2. The molecule has 4 heterocycles. The van der Waals surface area contributed by atoms with Crippen molar-refractivity contribution in [1.29, 1.82) is 0 Å². The first kappa shape index (κ1) is 62.9. The molecule has 8 rings (SSSR count). The van der Waals surface area contributed by atoms with Crippen LogP contribution in [-0.2, 0) is 38.8 Å². The molecule has 20 heteroatoms. The van der Waals surface area contributed by atoms with E-state index < -0.39 is 63.1 Å². The lowest BCUT2D eigenvalue weighted by atomic mass is 9.83. The highest BCUT2D eigenvalue weighted by Crippen LogP contribution is 2.51. The molecular weight excluding hydrogens is 1110 g/mol. The third-order valence-corrected chi connectivity index (χ3v) is 18.4. The standard InChI is InChI=1S/C64H80N6O12S2/c1-40(42-19-21-45(22-20-42)60-41(2)66-39-83-60)67-62(77)51-36-49(72)38-70(51)63(78)61(64(3,4)5)69-55(74)17-12-8-6-7-11-15-35-65-46-29-33-50(34-30-46)82-84(79,80)53-37-52-57(43-25-31-48(71)32-26-43)58(59(53)81-52)44-23-27-47(28-24-44)68-54(73)16-13-9-10-14-18-56(75)76/h19-34,39-40,49,51-53,59,61,65,71-72H,6-18,35-38H2,1-5H3,(H,67,77)(H,68,73)(H,69,74)(H,75,76)/t40-,49-,51+,52-,53?,59+,61-/m1/s1. The van der Waals surface area contributed by atoms with Crippen LogP contribution in [0.25, 0.3) is 21.6 Å². The van der Waals surface area contributed by atoms with E-state index in [1.54, 1.807) is 72.0 Å². The summed E-state index contributed by atoms with van der Waals surface area (Å²) in [4.78, 5) is 71.5. The number of hydrogen-bond donors (Lipinski definition) is 7. The van der Waals surface area contributed by atoms with Crippen LogP contribution >= 0.6 is 11.3 Å². The van der Waals surface area contributed by atoms with E-state index in [4.69, 9.17) is 14.0 Å². The van der Waals surface area contributed by atoms with E-state index in [-0.39, 0.29) is 67.5 Å². The Morgan fingerprint density at radius 1 is 0.738 bits per heavy atom. The number of hydrogen-bond acceptors (Lipinski definition) is 14. The smallest absolute Gasteiger partial charge is 0.315 e. The number of carboxylic acids is 1. The zero-order valence-electron chi connectivity index (χ0n) is 48.6. The Kier molecular flexibility index (Phi) is 21.4. The highest BCUT2D eigenvalue weighted by Gasteiger charge is 2.54. The Morgan fingerprint density at radius 2 is 1.32 bits per heavy atom. The van der Waals surface area contributed by atoms with Crippen molar-refractivity contribution in [3.05, 3.63) is 125 Å². The van der Waals surface area contributed by atoms with Crippen molar-refractivity contribution in [3.8, 4) is 21.9 Å². The van der Waals surface area contributed by atoms with Gasteiger partial charge in [-0.3, -0.25) is 24.0 Å². The molecule has 450 valence electrons. The number of anilines is 2. The molecule has 2 bridgehead atoms. The van der Waals surface area contributed by atoms with Crippen molar-refractivity contribution in [3.63, 3.8) is 0 Å². The van der Waals surface area contributed by atoms with Gasteiger partial charge < -0.3 is 50.4 Å². The number of carboxylic acid groups (broad SMARTS) is 1. The van der Waals surface area contributed by atoms with Gasteiger partial charge >= 0.3 is 16.1 Å². The maximum atomic E-state index is 14.2. The zero-order valence-corrected chi connectivity index (χ0v) is 50.2. The molecule has 3 aliphatic heterocycles. The van der Waals surface area contributed by atoms with E-state index in [0.29, 0.717) is 43.5 Å². The third-order valence-electron chi connectivity index (χ3n) is 15.9. The maximum Gasteiger partial charge on any atom is 0.315 e. The monoisotopic (exact) mass is 1190 g/mol. The topological polar surface area (TPSA) is 263 Å². The average molecular weight is 1190 g/mol. The van der Waals surface area contributed by atoms with Crippen molar-refractivity contribution in [1.82, 2.24) is 20.5 Å². The molecule has 0 radical (unpaired) electrons. The van der Waals surface area contributed by atoms with Gasteiger partial charge in [-0.1, -0.05) is 108 Å². The Hall–Kier alpha value is -7.13. The summed E-state index contributed by atoms with van der Waals surface area (Å²) in [6.07, 6.45) is 6.68. The second kappa shape index (κ2) is 28.6. The number of rotatable bonds is 29. The molecule has 2 saturated heterocycles. The summed E-state index contributed by atoms with van der Waals surface area (Å²) in [5.74, 6) is -1.69. The summed E-state index contributed by atoms with van der Waals surface area (Å²) >= 11 is 1.57. The van der Waals surface area contributed by atoms with E-state index in [1.807, 2.05) is 76.5 Å². The number of likely N-dealkylation sites (tertiary alicyclic amines) is 1. The highest BCUT2D eigenvalue weighted by molar-refractivity contribution is 7.87. The molecule has 7 N–H and O–H groups in total. The molecule has 2 fully saturated rings. The number of aromatic nitrogens is 1. The number of carbonyl (C=O) groups is 5. The number of ether oxygens (including phenoxy) is 1. The number of nitrogens with zero attached hydrogens (tertiary/aromatic N) is 2. The van der Waals surface area contributed by atoms with Gasteiger partial charge in [-0.2, -0.15) is 8.42 Å². The van der Waals surface area contributed by atoms with E-state index in [2.05, 4.69) is 26.3 Å². The van der Waals surface area contributed by atoms with Crippen LogP contribution in [0.15, 0.2) is 103 Å². The number of fused-ring (bicyclic) bond motifs is 2. The number of carbonyl (C=O) groups excluding carboxylic acids is 4. The molecule has 3 aliphatic rings. The molecule has 0 saturated carbocycles. The van der Waals surface area contributed by atoms with E-state index in [0.717, 1.165) is 89.0 Å². The van der Waals surface area contributed by atoms with Crippen LogP contribution in [0.5, 0.6) is 11.5 Å². The fraction of sp³-hybridized carbons (Fsp3) is 0.469. The second-order valence-corrected chi connectivity index (χ2v) is 26.0. The van der Waals surface area contributed by atoms with E-state index >= 15 is 0 Å². The lowest BCUT2D eigenvalue weighted by molar-refractivity contribution is -0.144. The van der Waals surface area contributed by atoms with Crippen LogP contribution < -0.4 is 25.5 Å². The predicted octanol–water partition coefficient (Wildman–Crippen LogP) is 10.6. The summed E-state index contributed by atoms with van der Waals surface area (Å²) in [5, 5.41) is 40.9. The number of aromatic hydroxyl groups is 1. The molecule has 7 atom stereocenters. The molecular formula is C64H80N6O12S2. The van der Waals surface area contributed by atoms with Gasteiger partial charge in [0.2, 0.25) is 23.6 Å². The minimum Gasteiger partial charge on any atom is -0.508 e. The van der Waals surface area contributed by atoms with Crippen molar-refractivity contribution in [2.24, 2.45) is 5.41 Å². The number of aliphatic hydroxyl groups is 1. The van der Waals surface area contributed by atoms with Gasteiger partial charge in [0, 0.05) is 56.6 Å². The summed E-state index contributed by atoms with van der Waals surface area (Å²) in [7, 11) is -4.20. The molecule has 18 nitrogen and oxygen atoms in total. The van der Waals surface area contributed by atoms with Crippen molar-refractivity contribution in [2.45, 2.75) is 173 Å². The summed E-state index contributed by atoms with van der Waals surface area (Å²) in [6.45, 7) is 10.2. The van der Waals surface area contributed by atoms with Gasteiger partial charge in [0.05, 0.1) is 34.3 Å². The Labute approximate surface area is 497 Å². The number of amides is 4. The number of aryl methyl sites for hydroxylation is 1. The van der Waals surface area contributed by atoms with Crippen LogP contribution in [-0.4, -0.2) is 112 Å². The number of aliphatic carboxylic acids is 1. The number of aliphatic hydroxyl groups excluding tert-OH is 1. The Morgan fingerprint density at radius 3 is 1.95 bits per heavy atom. The first-order valence-electron chi connectivity index (χ1n) is 29.3. The number of nitrogens with one attached hydrogen (secondary N) is 4. The largest absolute Gasteiger partial charge is 0.508 e. The first-order chi connectivity index (χ1) is 40.1. The molecule has 0 spiro atoms. The lowest BCUT2D eigenvalue weighted by Crippen LogP contribution is -2.57. The minimum atomic E-state index is -4.20. The van der Waals surface area contributed by atoms with Crippen LogP contribution in [0.4, 0.5) is 11.4 Å². The van der Waals surface area contributed by atoms with Gasteiger partial charge in [0.1, 0.15) is 34.9 Å². The molecule has 0 aliphatic carbocycles. The molecule has 1 aromatic heterocycles. The Bertz CT molecular complexity index is 3220. The van der Waals surface area contributed by atoms with Crippen LogP contribution in [0.1, 0.15) is 152 Å². The second-order valence-electron chi connectivity index (χ2n) is 23.4. The summed E-state index contributed by atoms with van der Waals surface area (Å²) in [6, 6.07) is 26.5. The number of thiazole rings is 1. The average Bonchev–Trinajstić information content (AvgIpc) is 1.67. The number of phenolic OH excluding ortho intramolecular Hbond substituents is 1. The van der Waals surface area contributed by atoms with Crippen molar-refractivity contribution in [2.75, 3.05) is 23.7 Å². The van der Waals surface area contributed by atoms with Crippen LogP contribution in [0.3, 0.4) is 0 Å². The quantitative estimate of drug-likeness (QED) is 0.0174. The fourth-order valence-corrected chi connectivity index (χ4v) is 13.5. The molecule has 1 unspecified atom stereocenters. The molecule has 4 aromatic carbocycles. The van der Waals surface area contributed by atoms with Crippen LogP contribution in [0, 0.1) is 12.3 Å². The molecule has 84 heavy (non-hydrogen) atoms. The Balaban J connectivity index is 0.746. The van der Waals surface area contributed by atoms with Crippen molar-refractivity contribution >= 4 is 73.6 Å². The zero-order chi connectivity index (χ0) is 60.1. The van der Waals surface area contributed by atoms with Gasteiger partial charge in [-0.15, -0.1) is 11.3 Å². The van der Waals surface area contributed by atoms with E-state index in [9.17, 15) is 42.6 Å². The van der Waals surface area contributed by atoms with Crippen LogP contribution in [0.2, 0.25) is 0 Å². The van der Waals surface area contributed by atoms with Gasteiger partial charge in [-0.05, 0) is 127 Å². The van der Waals surface area contributed by atoms with Gasteiger partial charge in [0.25, 0.3) is 0 Å². The molecule has 4 amide bonds. The predicted molar refractivity (Wildman–Crippen MR) is 326 cm³/mol. The van der Waals surface area contributed by atoms with Crippen molar-refractivity contribution < 1.29 is 56.6 Å². The third kappa shape index (κ3) is 16.6. The molecule has 5 aromatic rings. The maximum absolute atomic E-state index is 14.2. The summed E-state index contributed by atoms with van der Waals surface area (Å²) in [5.41, 5.74) is 8.50. The first-order valence-corrected chi connectivity index (χ1v) is 31.7. The number of β-amino-alcohol motifs (C(OH)–C–C–N with tert-alkyl or cyclic N) is 1. The van der Waals surface area contributed by atoms with Gasteiger partial charge in [0.15, 0.2) is 0 Å². The number of benzene rings is 4. The highest BCUT2D eigenvalue weighted by atomic mass is 32.2. The van der Waals surface area contributed by atoms with E-state index in [1.165, 1.54) is 4.90 Å². The van der Waals surface area contributed by atoms with Gasteiger partial charge in [-0.25, -0.2) is 4.98 Å². The SMILES string of the molecule is Cc1ncsc1-c1ccc([C@@H](C)NC(=O)[C@@H]2C[C@@H](O)CN2C(=O)[C@@H](NC(=O)CCCCCCCCNc2ccc(OS(=O)(=O)C3C[C@H]4O[C@@H]3C(c3ccc(NC(=O)CCCCCCC(=O)O)cc3)=C4c3ccc(O)cc3)cc2)C(C)(C)C)cc1. The fourth-order valence-electron chi connectivity index (χ4n) is 11.3. The minimum absolute atomic E-state index is 0.00103. The number of phenols is 1. The lowest BCUT2D eigenvalue weighted by Gasteiger charge is -2.35. The summed E-state index contributed by atoms with van der Waals surface area (Å²) < 4.78 is 40.2.